The Hall–Kier alpha value is -4.45. The minimum atomic E-state index is -1.65. The predicted octanol–water partition coefficient (Wildman–Crippen LogP) is 0.214. The van der Waals surface area contributed by atoms with Gasteiger partial charge in [-0.25, -0.2) is 14.4 Å². The van der Waals surface area contributed by atoms with Crippen molar-refractivity contribution >= 4 is 94.8 Å². The van der Waals surface area contributed by atoms with Gasteiger partial charge in [-0.2, -0.15) is 11.8 Å². The summed E-state index contributed by atoms with van der Waals surface area (Å²) in [7, 11) is 0. The van der Waals surface area contributed by atoms with Crippen molar-refractivity contribution in [2.75, 3.05) is 25.1 Å². The number of carbonyl (C=O) groups excluding carboxylic acids is 5. The molecular weight excluding hydrogens is 829 g/mol. The zero-order chi connectivity index (χ0) is 43.6. The Morgan fingerprint density at radius 2 is 1.21 bits per heavy atom. The molecule has 58 heavy (non-hydrogen) atoms. The molecule has 0 radical (unpaired) electrons. The van der Waals surface area contributed by atoms with Crippen molar-refractivity contribution in [3.63, 3.8) is 0 Å². The molecule has 2 aliphatic heterocycles. The lowest BCUT2D eigenvalue weighted by atomic mass is 10.0. The molecule has 6 amide bonds. The molecule has 0 bridgehead atoms. The molecule has 7 atom stereocenters. The number of rotatable bonds is 30. The molecule has 2 heterocycles. The van der Waals surface area contributed by atoms with Crippen LogP contribution in [0.15, 0.2) is 0 Å². The van der Waals surface area contributed by atoms with Crippen LogP contribution < -0.4 is 31.9 Å². The monoisotopic (exact) mass is 880 g/mol. The quantitative estimate of drug-likeness (QED) is 0.0339. The summed E-state index contributed by atoms with van der Waals surface area (Å²) in [5.41, 5.74) is 0. The number of hydrogen-bond acceptors (Lipinski definition) is 13. The summed E-state index contributed by atoms with van der Waals surface area (Å²) >= 11 is 3.06. The van der Waals surface area contributed by atoms with Gasteiger partial charge in [0.1, 0.15) is 32.3 Å². The Morgan fingerprint density at radius 3 is 1.71 bits per heavy atom. The predicted molar refractivity (Wildman–Crippen MR) is 211 cm³/mol. The molecule has 0 aromatic carbocycles. The lowest BCUT2D eigenvalue weighted by Gasteiger charge is -2.19. The lowest BCUT2D eigenvalue weighted by Crippen LogP contribution is -2.49. The third kappa shape index (κ3) is 16.8. The number of carboxylic acids is 5. The van der Waals surface area contributed by atoms with Crippen LogP contribution >= 0.6 is 35.3 Å². The van der Waals surface area contributed by atoms with Gasteiger partial charge in [0.05, 0.1) is 5.92 Å². The van der Waals surface area contributed by atoms with E-state index in [0.717, 1.165) is 23.5 Å². The van der Waals surface area contributed by atoms with Gasteiger partial charge in [-0.05, 0) is 57.0 Å². The minimum absolute atomic E-state index is 0.0553. The summed E-state index contributed by atoms with van der Waals surface area (Å²) in [6.07, 6.45) is 2.32. The number of carboxylic acid groups (broad SMARTS) is 5. The van der Waals surface area contributed by atoms with Gasteiger partial charge in [-0.3, -0.25) is 33.6 Å². The smallest absolute Gasteiger partial charge is 0.326 e. The number of unbranched alkanes of at least 4 members (excludes halogenated alkanes) is 1. The molecule has 2 unspecified atom stereocenters. The van der Waals surface area contributed by atoms with Gasteiger partial charge in [-0.15, -0.1) is 23.5 Å². The van der Waals surface area contributed by atoms with Crippen LogP contribution in [-0.4, -0.2) is 142 Å². The summed E-state index contributed by atoms with van der Waals surface area (Å²) in [5.74, 6) is -8.31. The van der Waals surface area contributed by atoms with Crippen molar-refractivity contribution < 1.29 is 73.5 Å². The van der Waals surface area contributed by atoms with Gasteiger partial charge < -0.3 is 57.4 Å². The molecule has 2 rings (SSSR count). The molecule has 11 N–H and O–H groups in total. The molecule has 2 aliphatic rings. The molecule has 0 saturated carbocycles. The summed E-state index contributed by atoms with van der Waals surface area (Å²) in [6, 6.07) is -3.43. The summed E-state index contributed by atoms with van der Waals surface area (Å²) in [4.78, 5) is 119. The largest absolute Gasteiger partial charge is 0.481 e. The first-order valence-electron chi connectivity index (χ1n) is 18.5. The number of hydrogen-bond donors (Lipinski definition) is 11. The molecule has 0 aliphatic carbocycles. The van der Waals surface area contributed by atoms with Gasteiger partial charge in [0, 0.05) is 38.8 Å². The van der Waals surface area contributed by atoms with Crippen LogP contribution in [-0.2, 0) is 43.2 Å². The number of urea groups is 1. The first-order chi connectivity index (χ1) is 27.3. The second-order valence-electron chi connectivity index (χ2n) is 13.8. The van der Waals surface area contributed by atoms with E-state index in [1.54, 1.807) is 13.2 Å². The van der Waals surface area contributed by atoms with Crippen LogP contribution in [0, 0.1) is 5.92 Å². The molecule has 2 fully saturated rings. The van der Waals surface area contributed by atoms with Crippen LogP contribution in [0.3, 0.4) is 0 Å². The highest BCUT2D eigenvalue weighted by Crippen LogP contribution is 2.56. The fourth-order valence-corrected chi connectivity index (χ4v) is 8.34. The fourth-order valence-electron chi connectivity index (χ4n) is 5.65. The maximum atomic E-state index is 12.9. The molecule has 24 heteroatoms. The van der Waals surface area contributed by atoms with E-state index in [0.29, 0.717) is 31.6 Å². The molecule has 0 aromatic heterocycles. The fraction of sp³-hybridized carbons (Fsp3) is 0.706. The lowest BCUT2D eigenvalue weighted by molar-refractivity contribution is -0.142. The van der Waals surface area contributed by atoms with Crippen molar-refractivity contribution in [3.05, 3.63) is 0 Å². The first-order valence-corrected chi connectivity index (χ1v) is 21.6. The van der Waals surface area contributed by atoms with E-state index in [2.05, 4.69) is 31.9 Å². The summed E-state index contributed by atoms with van der Waals surface area (Å²) in [6.45, 7) is 2.00. The van der Waals surface area contributed by atoms with Gasteiger partial charge in [-0.1, -0.05) is 13.3 Å². The summed E-state index contributed by atoms with van der Waals surface area (Å²) < 4.78 is -1.65. The maximum absolute atomic E-state index is 12.9. The second kappa shape index (κ2) is 23.8. The Balaban J connectivity index is 1.77. The molecule has 326 valence electrons. The maximum Gasteiger partial charge on any atom is 0.326 e. The molecular formula is C34H52N6O15S3. The zero-order valence-corrected chi connectivity index (χ0v) is 34.5. The normalized spacial score (nSPS) is 21.8. The van der Waals surface area contributed by atoms with Crippen molar-refractivity contribution in [2.45, 2.75) is 116 Å². The van der Waals surface area contributed by atoms with Gasteiger partial charge in [0.25, 0.3) is 0 Å². The van der Waals surface area contributed by atoms with Crippen molar-refractivity contribution in [1.82, 2.24) is 31.9 Å². The molecule has 0 spiro atoms. The van der Waals surface area contributed by atoms with E-state index >= 15 is 0 Å². The van der Waals surface area contributed by atoms with Crippen LogP contribution in [0.4, 0.5) is 4.79 Å². The third-order valence-corrected chi connectivity index (χ3v) is 13.0. The summed E-state index contributed by atoms with van der Waals surface area (Å²) in [5, 5.41) is 60.0. The van der Waals surface area contributed by atoms with Crippen molar-refractivity contribution in [3.8, 4) is 0 Å². The highest BCUT2D eigenvalue weighted by molar-refractivity contribution is 8.09. The average molecular weight is 881 g/mol. The van der Waals surface area contributed by atoms with Crippen molar-refractivity contribution in [2.24, 2.45) is 5.92 Å². The molecule has 2 saturated heterocycles. The molecule has 0 aromatic rings. The van der Waals surface area contributed by atoms with E-state index in [-0.39, 0.29) is 63.8 Å². The van der Waals surface area contributed by atoms with Gasteiger partial charge in [0.15, 0.2) is 0 Å². The van der Waals surface area contributed by atoms with Crippen LogP contribution in [0.5, 0.6) is 0 Å². The highest BCUT2D eigenvalue weighted by Gasteiger charge is 2.64. The number of nitrogens with one attached hydrogen (secondary N) is 6. The number of aliphatic carboxylic acids is 5. The first kappa shape index (κ1) is 49.7. The second-order valence-corrected chi connectivity index (χ2v) is 17.6. The Morgan fingerprint density at radius 1 is 0.655 bits per heavy atom. The van der Waals surface area contributed by atoms with E-state index < -0.39 is 98.3 Å². The number of thioether (sulfide) groups is 3. The molecule has 21 nitrogen and oxygen atoms in total. The highest BCUT2D eigenvalue weighted by atomic mass is 32.2. The van der Waals surface area contributed by atoms with Crippen LogP contribution in [0.25, 0.3) is 0 Å². The van der Waals surface area contributed by atoms with Crippen LogP contribution in [0.2, 0.25) is 0 Å². The SMILES string of the molecule is CSCC[C@H](NC(=O)CC[C@]1(NC(=O)NC2S[C@@]2(CCC(=O)N[C@H](CCCNC(=O)CCC(=O)NCCCC[C@@H](C)C(=O)O)C(=O)O)C(=O)O)SC1C(=O)O)C(=O)O. The van der Waals surface area contributed by atoms with E-state index in [1.165, 1.54) is 11.8 Å². The van der Waals surface area contributed by atoms with Crippen LogP contribution in [0.1, 0.15) is 84.0 Å². The average Bonchev–Trinajstić information content (AvgIpc) is 4.06. The number of carbonyl (C=O) groups is 10. The Bertz CT molecular complexity index is 1560. The van der Waals surface area contributed by atoms with Gasteiger partial charge in [0.2, 0.25) is 23.6 Å². The third-order valence-electron chi connectivity index (χ3n) is 9.27. The van der Waals surface area contributed by atoms with E-state index in [9.17, 15) is 68.4 Å². The topological polar surface area (TPSA) is 344 Å². The minimum Gasteiger partial charge on any atom is -0.481 e. The zero-order valence-electron chi connectivity index (χ0n) is 32.0. The standard InChI is InChI=1S/C34H52N6O15S3/c1-18(26(45)46)6-3-4-15-35-21(41)8-9-22(42)36-16-5-7-19(27(47)48)37-23(43)10-13-33(31(53)54)30(58-33)39-32(55)40-34(25(57-34)29(51)52)14-11-24(44)38-20(28(49)50)12-17-56-2/h18-20,25,30H,3-17H2,1-2H3,(H,35,41)(H,36,42)(H,37,43)(H,38,44)(H,45,46)(H,47,48)(H,49,50)(H,51,52)(H,53,54)(H2,39,40,55)/t18-,19-,20+,25?,30?,33-,34+/m1/s1. The van der Waals surface area contributed by atoms with Crippen molar-refractivity contribution in [1.29, 1.82) is 0 Å². The van der Waals surface area contributed by atoms with Gasteiger partial charge >= 0.3 is 35.9 Å². The Labute approximate surface area is 346 Å². The van der Waals surface area contributed by atoms with E-state index in [1.807, 2.05) is 0 Å². The van der Waals surface area contributed by atoms with E-state index in [4.69, 9.17) is 5.11 Å². The number of amides is 6. The Kier molecular flexibility index (Phi) is 20.4.